The average Bonchev–Trinajstić information content (AvgIpc) is 2.78. The molecule has 5 nitrogen and oxygen atoms in total. The van der Waals surface area contributed by atoms with Crippen LogP contribution in [-0.4, -0.2) is 25.0 Å². The van der Waals surface area contributed by atoms with Gasteiger partial charge in [0.25, 0.3) is 5.91 Å². The van der Waals surface area contributed by atoms with Gasteiger partial charge in [0, 0.05) is 12.2 Å². The maximum absolute atomic E-state index is 13.8. The van der Waals surface area contributed by atoms with Crippen LogP contribution in [0.4, 0.5) is 10.1 Å². The molecule has 0 spiro atoms. The van der Waals surface area contributed by atoms with Gasteiger partial charge >= 0.3 is 0 Å². The Kier molecular flexibility index (Phi) is 6.31. The standard InChI is InChI=1S/C24H27FN2O3/c25-21-9-5-4-8-20(21)24(29)27-19-10-11-22-17(13-19)12-18(15-30-22)23(28)26-14-16-6-2-1-3-7-16/h4-5,8-11,13,16,18H,1-3,6-7,12,14-15H2,(H,26,28)(H,27,29)/t18-/m0/s1. The van der Waals surface area contributed by atoms with Crippen molar-refractivity contribution in [2.24, 2.45) is 11.8 Å². The van der Waals surface area contributed by atoms with E-state index in [0.717, 1.165) is 17.9 Å². The van der Waals surface area contributed by atoms with Crippen LogP contribution in [0, 0.1) is 17.7 Å². The van der Waals surface area contributed by atoms with Crippen molar-refractivity contribution in [3.05, 3.63) is 59.4 Å². The molecular formula is C24H27FN2O3. The Morgan fingerprint density at radius 3 is 2.67 bits per heavy atom. The zero-order valence-electron chi connectivity index (χ0n) is 17.0. The molecule has 1 saturated carbocycles. The third kappa shape index (κ3) is 4.81. The number of halogens is 1. The fourth-order valence-electron chi connectivity index (χ4n) is 4.26. The number of hydrogen-bond donors (Lipinski definition) is 2. The summed E-state index contributed by atoms with van der Waals surface area (Å²) in [7, 11) is 0. The largest absolute Gasteiger partial charge is 0.492 e. The van der Waals surface area contributed by atoms with Crippen LogP contribution in [0.15, 0.2) is 42.5 Å². The SMILES string of the molecule is O=C(Nc1ccc2c(c1)C[C@H](C(=O)NCC1CCCCC1)CO2)c1ccccc1F. The second-order valence-electron chi connectivity index (χ2n) is 8.22. The lowest BCUT2D eigenvalue weighted by Crippen LogP contribution is -2.39. The fraction of sp³-hybridized carbons (Fsp3) is 0.417. The van der Waals surface area contributed by atoms with Crippen molar-refractivity contribution < 1.29 is 18.7 Å². The van der Waals surface area contributed by atoms with E-state index in [1.54, 1.807) is 30.3 Å². The molecule has 1 fully saturated rings. The first-order chi connectivity index (χ1) is 14.6. The number of nitrogens with one attached hydrogen (secondary N) is 2. The molecule has 1 aliphatic carbocycles. The molecule has 1 atom stereocenters. The van der Waals surface area contributed by atoms with Crippen molar-refractivity contribution in [3.8, 4) is 5.75 Å². The van der Waals surface area contributed by atoms with Crippen LogP contribution in [0.5, 0.6) is 5.75 Å². The lowest BCUT2D eigenvalue weighted by Gasteiger charge is -2.27. The molecular weight excluding hydrogens is 383 g/mol. The number of carbonyl (C=O) groups is 2. The summed E-state index contributed by atoms with van der Waals surface area (Å²) in [6, 6.07) is 11.2. The molecule has 2 amide bonds. The lowest BCUT2D eigenvalue weighted by molar-refractivity contribution is -0.126. The number of carbonyl (C=O) groups excluding carboxylic acids is 2. The van der Waals surface area contributed by atoms with Gasteiger partial charge in [0.2, 0.25) is 5.91 Å². The molecule has 0 aromatic heterocycles. The van der Waals surface area contributed by atoms with Gasteiger partial charge in [0.15, 0.2) is 0 Å². The Balaban J connectivity index is 1.37. The number of ether oxygens (including phenoxy) is 1. The Bertz CT molecular complexity index is 924. The predicted octanol–water partition coefficient (Wildman–Crippen LogP) is 4.33. The van der Waals surface area contributed by atoms with Crippen molar-refractivity contribution >= 4 is 17.5 Å². The van der Waals surface area contributed by atoms with Crippen LogP contribution >= 0.6 is 0 Å². The van der Waals surface area contributed by atoms with Gasteiger partial charge in [0.05, 0.1) is 11.5 Å². The van der Waals surface area contributed by atoms with Crippen LogP contribution in [0.1, 0.15) is 48.0 Å². The molecule has 1 heterocycles. The van der Waals surface area contributed by atoms with E-state index in [9.17, 15) is 14.0 Å². The lowest BCUT2D eigenvalue weighted by atomic mass is 9.89. The average molecular weight is 410 g/mol. The van der Waals surface area contributed by atoms with Gasteiger partial charge in [-0.25, -0.2) is 4.39 Å². The number of anilines is 1. The first-order valence-corrected chi connectivity index (χ1v) is 10.7. The molecule has 30 heavy (non-hydrogen) atoms. The van der Waals surface area contributed by atoms with Gasteiger partial charge in [-0.15, -0.1) is 0 Å². The van der Waals surface area contributed by atoms with Gasteiger partial charge in [-0.05, 0) is 61.1 Å². The van der Waals surface area contributed by atoms with E-state index < -0.39 is 11.7 Å². The van der Waals surface area contributed by atoms with E-state index in [4.69, 9.17) is 4.74 Å². The Hall–Kier alpha value is -2.89. The maximum atomic E-state index is 13.8. The topological polar surface area (TPSA) is 67.4 Å². The zero-order valence-corrected chi connectivity index (χ0v) is 17.0. The summed E-state index contributed by atoms with van der Waals surface area (Å²) >= 11 is 0. The molecule has 158 valence electrons. The van der Waals surface area contributed by atoms with Gasteiger partial charge < -0.3 is 15.4 Å². The number of benzene rings is 2. The molecule has 0 saturated heterocycles. The van der Waals surface area contributed by atoms with Crippen LogP contribution in [0.25, 0.3) is 0 Å². The summed E-state index contributed by atoms with van der Waals surface area (Å²) in [5.41, 5.74) is 1.41. The molecule has 1 aliphatic heterocycles. The van der Waals surface area contributed by atoms with Crippen molar-refractivity contribution in [2.75, 3.05) is 18.5 Å². The van der Waals surface area contributed by atoms with E-state index in [-0.39, 0.29) is 17.4 Å². The first-order valence-electron chi connectivity index (χ1n) is 10.7. The highest BCUT2D eigenvalue weighted by Crippen LogP contribution is 2.30. The van der Waals surface area contributed by atoms with Crippen LogP contribution in [-0.2, 0) is 11.2 Å². The van der Waals surface area contributed by atoms with Gasteiger partial charge in [-0.3, -0.25) is 9.59 Å². The first kappa shape index (κ1) is 20.4. The van der Waals surface area contributed by atoms with Crippen molar-refractivity contribution in [2.45, 2.75) is 38.5 Å². The number of fused-ring (bicyclic) bond motifs is 1. The minimum Gasteiger partial charge on any atom is -0.492 e. The van der Waals surface area contributed by atoms with Crippen LogP contribution in [0.3, 0.4) is 0 Å². The van der Waals surface area contributed by atoms with Crippen molar-refractivity contribution in [3.63, 3.8) is 0 Å². The smallest absolute Gasteiger partial charge is 0.258 e. The van der Waals surface area contributed by atoms with E-state index >= 15 is 0 Å². The molecule has 4 rings (SSSR count). The zero-order chi connectivity index (χ0) is 20.9. The molecule has 2 aliphatic rings. The minimum atomic E-state index is -0.564. The summed E-state index contributed by atoms with van der Waals surface area (Å²) < 4.78 is 19.6. The van der Waals surface area contributed by atoms with Crippen LogP contribution < -0.4 is 15.4 Å². The fourth-order valence-corrected chi connectivity index (χ4v) is 4.26. The summed E-state index contributed by atoms with van der Waals surface area (Å²) in [4.78, 5) is 25.0. The molecule has 0 radical (unpaired) electrons. The number of rotatable bonds is 5. The van der Waals surface area contributed by atoms with Crippen LogP contribution in [0.2, 0.25) is 0 Å². The van der Waals surface area contributed by atoms with E-state index in [0.29, 0.717) is 24.6 Å². The Morgan fingerprint density at radius 2 is 1.87 bits per heavy atom. The third-order valence-electron chi connectivity index (χ3n) is 6.00. The Morgan fingerprint density at radius 1 is 1.07 bits per heavy atom. The summed E-state index contributed by atoms with van der Waals surface area (Å²) in [5, 5.41) is 5.82. The van der Waals surface area contributed by atoms with Gasteiger partial charge in [0.1, 0.15) is 18.2 Å². The summed E-state index contributed by atoms with van der Waals surface area (Å²) in [5.74, 6) is -0.00177. The molecule has 2 aromatic carbocycles. The van der Waals surface area contributed by atoms with Gasteiger partial charge in [-0.1, -0.05) is 31.4 Å². The minimum absolute atomic E-state index is 0.00793. The summed E-state index contributed by atoms with van der Waals surface area (Å²) in [6.45, 7) is 1.09. The second-order valence-corrected chi connectivity index (χ2v) is 8.22. The molecule has 2 aromatic rings. The third-order valence-corrected chi connectivity index (χ3v) is 6.00. The van der Waals surface area contributed by atoms with E-state index in [2.05, 4.69) is 10.6 Å². The van der Waals surface area contributed by atoms with Gasteiger partial charge in [-0.2, -0.15) is 0 Å². The molecule has 2 N–H and O–H groups in total. The molecule has 6 heteroatoms. The quantitative estimate of drug-likeness (QED) is 0.771. The summed E-state index contributed by atoms with van der Waals surface area (Å²) in [6.07, 6.45) is 6.73. The normalized spacial score (nSPS) is 18.8. The highest BCUT2D eigenvalue weighted by atomic mass is 19.1. The van der Waals surface area contributed by atoms with E-state index in [1.165, 1.54) is 44.2 Å². The highest BCUT2D eigenvalue weighted by molar-refractivity contribution is 6.04. The monoisotopic (exact) mass is 410 g/mol. The van der Waals surface area contributed by atoms with Crippen molar-refractivity contribution in [1.82, 2.24) is 5.32 Å². The number of hydrogen-bond acceptors (Lipinski definition) is 3. The number of amides is 2. The van der Waals surface area contributed by atoms with Crippen molar-refractivity contribution in [1.29, 1.82) is 0 Å². The maximum Gasteiger partial charge on any atom is 0.258 e. The molecule has 0 bridgehead atoms. The predicted molar refractivity (Wildman–Crippen MR) is 113 cm³/mol. The second kappa shape index (κ2) is 9.28. The molecule has 0 unspecified atom stereocenters. The highest BCUT2D eigenvalue weighted by Gasteiger charge is 2.27. The Labute approximate surface area is 176 Å². The van der Waals surface area contributed by atoms with E-state index in [1.807, 2.05) is 0 Å².